The number of carbonyl (C=O) groups excluding carboxylic acids is 1. The number of hydrogen-bond donors (Lipinski definition) is 2. The maximum absolute atomic E-state index is 12.5. The van der Waals surface area contributed by atoms with Crippen LogP contribution >= 0.6 is 22.9 Å². The molecule has 1 amide bonds. The standard InChI is InChI=1S/C16H19ClN2OS/c1-15(2)14(16(15,3)4)19-13(20)12-11(18)10-8(17)6-5-7-9(10)21-12/h5-7,14H,18H2,1-4H3,(H,19,20). The van der Waals surface area contributed by atoms with Gasteiger partial charge in [0, 0.05) is 16.1 Å². The molecule has 2 aromatic rings. The van der Waals surface area contributed by atoms with E-state index in [0.29, 0.717) is 15.6 Å². The molecule has 0 atom stereocenters. The van der Waals surface area contributed by atoms with Crippen LogP contribution in [0.4, 0.5) is 5.69 Å². The van der Waals surface area contributed by atoms with Gasteiger partial charge in [0.05, 0.1) is 10.7 Å². The van der Waals surface area contributed by atoms with Gasteiger partial charge in [0.25, 0.3) is 5.91 Å². The van der Waals surface area contributed by atoms with Crippen molar-refractivity contribution in [1.29, 1.82) is 0 Å². The van der Waals surface area contributed by atoms with Crippen LogP contribution in [0.15, 0.2) is 18.2 Å². The molecule has 1 aliphatic carbocycles. The molecule has 0 saturated heterocycles. The lowest BCUT2D eigenvalue weighted by Gasteiger charge is -2.06. The second-order valence-electron chi connectivity index (χ2n) is 6.81. The van der Waals surface area contributed by atoms with Crippen molar-refractivity contribution in [2.75, 3.05) is 5.73 Å². The van der Waals surface area contributed by atoms with Crippen LogP contribution in [0.2, 0.25) is 5.02 Å². The lowest BCUT2D eigenvalue weighted by molar-refractivity contribution is 0.0948. The first-order chi connectivity index (χ1) is 9.68. The molecule has 1 aromatic heterocycles. The highest BCUT2D eigenvalue weighted by Gasteiger charge is 2.65. The van der Waals surface area contributed by atoms with E-state index in [1.54, 1.807) is 6.07 Å². The molecule has 0 bridgehead atoms. The third kappa shape index (κ3) is 1.96. The molecule has 1 fully saturated rings. The highest BCUT2D eigenvalue weighted by atomic mass is 35.5. The van der Waals surface area contributed by atoms with Crippen molar-refractivity contribution in [1.82, 2.24) is 5.32 Å². The average Bonchev–Trinajstić information content (AvgIpc) is 2.71. The van der Waals surface area contributed by atoms with Crippen LogP contribution in [0.5, 0.6) is 0 Å². The Labute approximate surface area is 133 Å². The lowest BCUT2D eigenvalue weighted by atomic mass is 10.0. The SMILES string of the molecule is CC1(C)C(NC(=O)c2sc3cccc(Cl)c3c2N)C1(C)C. The maximum atomic E-state index is 12.5. The third-order valence-electron chi connectivity index (χ3n) is 5.20. The summed E-state index contributed by atoms with van der Waals surface area (Å²) in [6.07, 6.45) is 0. The minimum atomic E-state index is -0.103. The smallest absolute Gasteiger partial charge is 0.263 e. The van der Waals surface area contributed by atoms with Gasteiger partial charge in [0.2, 0.25) is 0 Å². The van der Waals surface area contributed by atoms with E-state index < -0.39 is 0 Å². The summed E-state index contributed by atoms with van der Waals surface area (Å²) in [7, 11) is 0. The molecule has 1 aliphatic rings. The normalized spacial score (nSPS) is 19.7. The maximum Gasteiger partial charge on any atom is 0.263 e. The van der Waals surface area contributed by atoms with Crippen molar-refractivity contribution in [2.45, 2.75) is 33.7 Å². The number of carbonyl (C=O) groups is 1. The highest BCUT2D eigenvalue weighted by Crippen LogP contribution is 2.62. The molecule has 0 aliphatic heterocycles. The van der Waals surface area contributed by atoms with Crippen molar-refractivity contribution >= 4 is 44.6 Å². The lowest BCUT2D eigenvalue weighted by Crippen LogP contribution is -2.29. The van der Waals surface area contributed by atoms with Crippen LogP contribution in [-0.2, 0) is 0 Å². The fourth-order valence-corrected chi connectivity index (χ4v) is 4.44. The molecular weight excluding hydrogens is 304 g/mol. The van der Waals surface area contributed by atoms with Gasteiger partial charge in [-0.15, -0.1) is 11.3 Å². The molecule has 0 radical (unpaired) electrons. The quantitative estimate of drug-likeness (QED) is 0.866. The molecule has 0 spiro atoms. The van der Waals surface area contributed by atoms with E-state index in [1.807, 2.05) is 12.1 Å². The molecule has 1 aromatic carbocycles. The van der Waals surface area contributed by atoms with Gasteiger partial charge in [-0.05, 0) is 23.0 Å². The summed E-state index contributed by atoms with van der Waals surface area (Å²) in [5.41, 5.74) is 6.82. The Morgan fingerprint density at radius 2 is 1.90 bits per heavy atom. The molecule has 1 heterocycles. The van der Waals surface area contributed by atoms with Gasteiger partial charge in [-0.3, -0.25) is 4.79 Å². The topological polar surface area (TPSA) is 55.1 Å². The number of thiophene rings is 1. The van der Waals surface area contributed by atoms with E-state index in [1.165, 1.54) is 11.3 Å². The Hall–Kier alpha value is -1.26. The molecule has 112 valence electrons. The van der Waals surface area contributed by atoms with Gasteiger partial charge in [0.1, 0.15) is 4.88 Å². The van der Waals surface area contributed by atoms with Gasteiger partial charge in [-0.25, -0.2) is 0 Å². The largest absolute Gasteiger partial charge is 0.397 e. The van der Waals surface area contributed by atoms with E-state index in [0.717, 1.165) is 10.1 Å². The van der Waals surface area contributed by atoms with Crippen LogP contribution in [0.25, 0.3) is 10.1 Å². The zero-order chi connectivity index (χ0) is 15.6. The summed E-state index contributed by atoms with van der Waals surface area (Å²) >= 11 is 7.58. The second kappa shape index (κ2) is 4.37. The summed E-state index contributed by atoms with van der Waals surface area (Å²) in [5.74, 6) is -0.103. The zero-order valence-corrected chi connectivity index (χ0v) is 14.2. The first kappa shape index (κ1) is 14.7. The predicted octanol–water partition coefficient (Wildman–Crippen LogP) is 4.30. The first-order valence-corrected chi connectivity index (χ1v) is 8.14. The number of rotatable bonds is 2. The number of nitrogen functional groups attached to an aromatic ring is 1. The number of nitrogens with two attached hydrogens (primary N) is 1. The Morgan fingerprint density at radius 1 is 1.29 bits per heavy atom. The van der Waals surface area contributed by atoms with E-state index in [9.17, 15) is 4.79 Å². The molecule has 1 saturated carbocycles. The molecular formula is C16H19ClN2OS. The molecule has 21 heavy (non-hydrogen) atoms. The predicted molar refractivity (Wildman–Crippen MR) is 90.1 cm³/mol. The Morgan fingerprint density at radius 3 is 2.43 bits per heavy atom. The highest BCUT2D eigenvalue weighted by molar-refractivity contribution is 7.21. The minimum Gasteiger partial charge on any atom is -0.397 e. The fraction of sp³-hybridized carbons (Fsp3) is 0.438. The number of hydrogen-bond acceptors (Lipinski definition) is 3. The van der Waals surface area contributed by atoms with Crippen molar-refractivity contribution < 1.29 is 4.79 Å². The van der Waals surface area contributed by atoms with Crippen molar-refractivity contribution in [3.05, 3.63) is 28.1 Å². The fourth-order valence-electron chi connectivity index (χ4n) is 3.05. The van der Waals surface area contributed by atoms with Crippen molar-refractivity contribution in [2.24, 2.45) is 10.8 Å². The van der Waals surface area contributed by atoms with Gasteiger partial charge in [-0.2, -0.15) is 0 Å². The number of fused-ring (bicyclic) bond motifs is 1. The summed E-state index contributed by atoms with van der Waals surface area (Å²) in [5, 5.41) is 4.49. The van der Waals surface area contributed by atoms with Crippen LogP contribution in [0.3, 0.4) is 0 Å². The molecule has 5 heteroatoms. The zero-order valence-electron chi connectivity index (χ0n) is 12.6. The number of halogens is 1. The van der Waals surface area contributed by atoms with Gasteiger partial charge in [-0.1, -0.05) is 45.4 Å². The number of anilines is 1. The first-order valence-electron chi connectivity index (χ1n) is 6.95. The average molecular weight is 323 g/mol. The molecule has 3 nitrogen and oxygen atoms in total. The van der Waals surface area contributed by atoms with Gasteiger partial charge < -0.3 is 11.1 Å². The van der Waals surface area contributed by atoms with E-state index >= 15 is 0 Å². The Balaban J connectivity index is 1.93. The van der Waals surface area contributed by atoms with Crippen molar-refractivity contribution in [3.8, 4) is 0 Å². The summed E-state index contributed by atoms with van der Waals surface area (Å²) in [4.78, 5) is 13.1. The van der Waals surface area contributed by atoms with E-state index in [4.69, 9.17) is 17.3 Å². The second-order valence-corrected chi connectivity index (χ2v) is 8.27. The van der Waals surface area contributed by atoms with Gasteiger partial charge >= 0.3 is 0 Å². The summed E-state index contributed by atoms with van der Waals surface area (Å²) in [6, 6.07) is 5.76. The van der Waals surface area contributed by atoms with E-state index in [-0.39, 0.29) is 22.8 Å². The van der Waals surface area contributed by atoms with Gasteiger partial charge in [0.15, 0.2) is 0 Å². The van der Waals surface area contributed by atoms with Crippen LogP contribution < -0.4 is 11.1 Å². The van der Waals surface area contributed by atoms with Crippen LogP contribution in [0, 0.1) is 10.8 Å². The number of amides is 1. The van der Waals surface area contributed by atoms with Crippen LogP contribution in [-0.4, -0.2) is 11.9 Å². The molecule has 3 rings (SSSR count). The molecule has 3 N–H and O–H groups in total. The Bertz CT molecular complexity index is 734. The summed E-state index contributed by atoms with van der Waals surface area (Å²) in [6.45, 7) is 8.68. The number of benzene rings is 1. The monoisotopic (exact) mass is 322 g/mol. The van der Waals surface area contributed by atoms with Crippen LogP contribution in [0.1, 0.15) is 37.4 Å². The summed E-state index contributed by atoms with van der Waals surface area (Å²) < 4.78 is 0.944. The third-order valence-corrected chi connectivity index (χ3v) is 6.69. The van der Waals surface area contributed by atoms with Crippen molar-refractivity contribution in [3.63, 3.8) is 0 Å². The Kier molecular flexibility index (Phi) is 3.05. The van der Waals surface area contributed by atoms with E-state index in [2.05, 4.69) is 33.0 Å². The molecule has 0 unspecified atom stereocenters. The number of nitrogens with one attached hydrogen (secondary N) is 1. The minimum absolute atomic E-state index is 0.103.